The largest absolute Gasteiger partial charge is 1.00 e. The van der Waals surface area contributed by atoms with Crippen LogP contribution in [0.25, 0.3) is 0 Å². The molecule has 3 unspecified atom stereocenters. The first-order valence-corrected chi connectivity index (χ1v) is 26.1. The minimum absolute atomic E-state index is 0. The summed E-state index contributed by atoms with van der Waals surface area (Å²) in [5, 5.41) is 9.56. The summed E-state index contributed by atoms with van der Waals surface area (Å²) >= 11 is 5.45. The average Bonchev–Trinajstić information content (AvgIpc) is 3.17. The molecular formula is C41H76BKNaO17S4. The number of aliphatic hydroxyl groups is 1. The quantitative estimate of drug-likeness (QED) is 0.173. The van der Waals surface area contributed by atoms with Gasteiger partial charge in [0.05, 0.1) is 83.7 Å². The van der Waals surface area contributed by atoms with Gasteiger partial charge in [0.1, 0.15) is 11.6 Å². The standard InChI is InChI=1S/C8H14O2S.2C7H14O4S.C6H12O2.C6H10O2.C5H8O2.C2H4OS.B.K.Na.H/c1-6-5-10-4-3-8(6)11-7(2)9;2*1-6-5-10-4-3-7(6)11-12(2,8)9;2*1-5-4-8-3-2-6(5)7;6-5-1-3-7-4-2-5;1-2(3)4;;;;/h6,8H,3-5H2,1-2H3;2*6-7H,3-5H2,1-2H3;5-7H,2-4H2,1H3;5H,2-4H2,1H3;1-4H2;1H3,(H,3,4);;;;/q;;;;;;;;2*+1;-1/p-1/t6-,8-;6-,7+;6-,7-;;;;;;;;/m000......../s1. The summed E-state index contributed by atoms with van der Waals surface area (Å²) in [6.45, 7) is 20.8. The molecule has 6 aliphatic rings. The maximum atomic E-state index is 10.8. The predicted octanol–water partition coefficient (Wildman–Crippen LogP) is -2.33. The van der Waals surface area contributed by atoms with Gasteiger partial charge in [0, 0.05) is 95.1 Å². The molecule has 6 aliphatic heterocycles. The zero-order chi connectivity index (χ0) is 47.3. The van der Waals surface area contributed by atoms with Gasteiger partial charge in [-0.25, -0.2) is 0 Å². The maximum absolute atomic E-state index is 10.8. The summed E-state index contributed by atoms with van der Waals surface area (Å²) < 4.78 is 83.5. The fourth-order valence-corrected chi connectivity index (χ4v) is 8.37. The van der Waals surface area contributed by atoms with E-state index in [1.54, 1.807) is 6.92 Å². The Bertz CT molecular complexity index is 1440. The molecule has 24 heteroatoms. The van der Waals surface area contributed by atoms with Crippen molar-refractivity contribution >= 4 is 74.8 Å². The van der Waals surface area contributed by atoms with Crippen molar-refractivity contribution in [3.63, 3.8) is 0 Å². The molecule has 0 saturated carbocycles. The summed E-state index contributed by atoms with van der Waals surface area (Å²) in [6, 6.07) is 0. The van der Waals surface area contributed by atoms with E-state index in [-0.39, 0.29) is 137 Å². The molecule has 6 saturated heterocycles. The molecule has 0 aromatic heterocycles. The van der Waals surface area contributed by atoms with Crippen LogP contribution in [0.3, 0.4) is 0 Å². The molecular weight excluding hydrogens is 966 g/mol. The number of hydrogen-bond donors (Lipinski definition) is 1. The van der Waals surface area contributed by atoms with E-state index in [4.69, 9.17) is 41.9 Å². The van der Waals surface area contributed by atoms with Crippen molar-refractivity contribution < 1.29 is 160 Å². The second kappa shape index (κ2) is 42.0. The van der Waals surface area contributed by atoms with E-state index in [1.165, 1.54) is 18.7 Å². The Hall–Kier alpha value is 1.49. The third-order valence-electron chi connectivity index (χ3n) is 9.66. The third-order valence-corrected chi connectivity index (χ3v) is 12.2. The van der Waals surface area contributed by atoms with Crippen LogP contribution in [0.5, 0.6) is 0 Å². The molecule has 0 spiro atoms. The Morgan fingerprint density at radius 2 is 1.00 bits per heavy atom. The molecule has 9 atom stereocenters. The van der Waals surface area contributed by atoms with Crippen LogP contribution in [-0.2, 0) is 88.8 Å². The Labute approximate surface area is 468 Å². The molecule has 65 heavy (non-hydrogen) atoms. The zero-order valence-corrected chi connectivity index (χ0v) is 49.2. The number of aliphatic hydroxyl groups excluding tert-OH is 1. The van der Waals surface area contributed by atoms with Crippen molar-refractivity contribution in [3.8, 4) is 0 Å². The first kappa shape index (κ1) is 73.0. The summed E-state index contributed by atoms with van der Waals surface area (Å²) in [4.78, 5) is 41.1. The van der Waals surface area contributed by atoms with E-state index in [0.29, 0.717) is 114 Å². The average molecular weight is 1040 g/mol. The van der Waals surface area contributed by atoms with Gasteiger partial charge in [0.25, 0.3) is 20.2 Å². The second-order valence-corrected chi connectivity index (χ2v) is 21.3. The van der Waals surface area contributed by atoms with Crippen LogP contribution in [0, 0.1) is 29.6 Å². The van der Waals surface area contributed by atoms with Crippen molar-refractivity contribution in [2.24, 2.45) is 29.6 Å². The first-order chi connectivity index (χ1) is 28.9. The van der Waals surface area contributed by atoms with E-state index < -0.39 is 20.2 Å². The predicted molar refractivity (Wildman–Crippen MR) is 245 cm³/mol. The van der Waals surface area contributed by atoms with E-state index >= 15 is 0 Å². The van der Waals surface area contributed by atoms with Crippen LogP contribution in [-0.4, -0.2) is 168 Å². The summed E-state index contributed by atoms with van der Waals surface area (Å²) in [7, 11) is -6.62. The molecule has 371 valence electrons. The number of Topliss-reactive ketones (excluding diaryl/α,β-unsaturated/α-hetero) is 2. The molecule has 0 aromatic carbocycles. The fraction of sp³-hybridized carbons (Fsp3) is 0.902. The van der Waals surface area contributed by atoms with Gasteiger partial charge in [-0.3, -0.25) is 22.7 Å². The molecule has 6 fully saturated rings. The summed E-state index contributed by atoms with van der Waals surface area (Å²) in [5.74, 6) is 2.01. The molecule has 0 amide bonds. The molecule has 17 nitrogen and oxygen atoms in total. The summed E-state index contributed by atoms with van der Waals surface area (Å²) in [6.07, 6.45) is 6.65. The molecule has 0 aromatic rings. The van der Waals surface area contributed by atoms with Gasteiger partial charge >= 0.3 is 80.9 Å². The number of rotatable bonds is 5. The molecule has 3 radical (unpaired) electrons. The van der Waals surface area contributed by atoms with Gasteiger partial charge in [-0.05, 0) is 38.5 Å². The number of carbonyl (C=O) groups is 4. The van der Waals surface area contributed by atoms with E-state index in [2.05, 4.69) is 19.6 Å². The van der Waals surface area contributed by atoms with Gasteiger partial charge in [-0.2, -0.15) is 16.8 Å². The number of thioether (sulfide) groups is 1. The maximum Gasteiger partial charge on any atom is 1.00 e. The normalized spacial score (nSPS) is 28.6. The first-order valence-electron chi connectivity index (χ1n) is 21.2. The van der Waals surface area contributed by atoms with Crippen LogP contribution in [0.1, 0.15) is 94.8 Å². The van der Waals surface area contributed by atoms with Crippen molar-refractivity contribution in [2.75, 3.05) is 91.8 Å². The van der Waals surface area contributed by atoms with Crippen molar-refractivity contribution in [1.82, 2.24) is 0 Å². The van der Waals surface area contributed by atoms with Crippen LogP contribution < -0.4 is 80.9 Å². The minimum Gasteiger partial charge on any atom is -1.00 e. The van der Waals surface area contributed by atoms with Gasteiger partial charge in [-0.15, -0.1) is 0 Å². The van der Waals surface area contributed by atoms with Crippen molar-refractivity contribution in [3.05, 3.63) is 0 Å². The minimum atomic E-state index is -3.31. The monoisotopic (exact) mass is 1040 g/mol. The van der Waals surface area contributed by atoms with Crippen LogP contribution in [0.2, 0.25) is 0 Å². The van der Waals surface area contributed by atoms with Crippen molar-refractivity contribution in [2.45, 2.75) is 117 Å². The molecule has 6 heterocycles. The SMILES string of the molecule is CC(=O)S[C@H]1CCOC[C@@H]1C.CC(=O)[S-].CC1COCCC1=O.CC1COCCC1O.C[C@H]1COCC[C@@H]1OS(C)(=O)=O.C[C@H]1COCC[C@H]1OS(C)(=O)=O.O=C1CCOCC1.[B].[H-].[K+].[Na+]. The van der Waals surface area contributed by atoms with Crippen LogP contribution in [0.15, 0.2) is 0 Å². The molecule has 0 aliphatic carbocycles. The Balaban J connectivity index is -0.000000221. The van der Waals surface area contributed by atoms with Gasteiger partial charge in [0.15, 0.2) is 5.12 Å². The number of ketones is 2. The van der Waals surface area contributed by atoms with E-state index in [9.17, 15) is 36.0 Å². The number of ether oxygens (including phenoxy) is 6. The van der Waals surface area contributed by atoms with Crippen LogP contribution in [0.4, 0.5) is 0 Å². The third kappa shape index (κ3) is 42.9. The van der Waals surface area contributed by atoms with Crippen LogP contribution >= 0.6 is 11.8 Å². The van der Waals surface area contributed by atoms with Crippen molar-refractivity contribution in [1.29, 1.82) is 0 Å². The Morgan fingerprint density at radius 3 is 1.28 bits per heavy atom. The van der Waals surface area contributed by atoms with E-state index in [0.717, 1.165) is 51.8 Å². The van der Waals surface area contributed by atoms with Gasteiger partial charge in [0.2, 0.25) is 0 Å². The number of carbonyl (C=O) groups excluding carboxylic acids is 4. The number of hydrogen-bond acceptors (Lipinski definition) is 19. The Morgan fingerprint density at radius 1 is 0.631 bits per heavy atom. The topological polar surface area (TPSA) is 231 Å². The fourth-order valence-electron chi connectivity index (χ4n) is 5.95. The summed E-state index contributed by atoms with van der Waals surface area (Å²) in [5.41, 5.74) is 0. The second-order valence-electron chi connectivity index (χ2n) is 16.1. The molecule has 0 bridgehead atoms. The van der Waals surface area contributed by atoms with Gasteiger partial charge in [-0.1, -0.05) is 46.4 Å². The zero-order valence-electron chi connectivity index (χ0n) is 41.8. The van der Waals surface area contributed by atoms with E-state index in [1.807, 2.05) is 27.7 Å². The van der Waals surface area contributed by atoms with Gasteiger partial charge < -0.3 is 52.4 Å². The smallest absolute Gasteiger partial charge is 1.00 e. The Kier molecular flexibility index (Phi) is 47.2. The molecule has 1 N–H and O–H groups in total. The molecule has 6 rings (SSSR count).